The Hall–Kier alpha value is -1.10. The molecule has 0 saturated carbocycles. The van der Waals surface area contributed by atoms with Crippen molar-refractivity contribution < 1.29 is 27.8 Å². The molecule has 2 saturated heterocycles. The number of nitrogens with one attached hydrogen (secondary N) is 1. The Morgan fingerprint density at radius 2 is 1.84 bits per heavy atom. The summed E-state index contributed by atoms with van der Waals surface area (Å²) in [5.41, 5.74) is 0. The third-order valence-corrected chi connectivity index (χ3v) is 6.24. The molecule has 140 valence electrons. The first-order chi connectivity index (χ1) is 11.9. The number of sulfonamides is 1. The Morgan fingerprint density at radius 3 is 2.44 bits per heavy atom. The maximum absolute atomic E-state index is 13.0. The number of aliphatic hydroxyl groups excluding tert-OH is 2. The molecule has 2 aliphatic rings. The highest BCUT2D eigenvalue weighted by Gasteiger charge is 2.46. The minimum absolute atomic E-state index is 0.0333. The summed E-state index contributed by atoms with van der Waals surface area (Å²) in [4.78, 5) is 2.04. The molecule has 3 N–H and O–H groups in total. The van der Waals surface area contributed by atoms with Gasteiger partial charge in [0.2, 0.25) is 10.0 Å². The number of hydrogen-bond donors (Lipinski definition) is 3. The van der Waals surface area contributed by atoms with Crippen LogP contribution in [0.5, 0.6) is 0 Å². The molecule has 0 amide bonds. The maximum Gasteiger partial charge on any atom is 0.240 e. The molecule has 4 atom stereocenters. The smallest absolute Gasteiger partial charge is 0.240 e. The normalized spacial score (nSPS) is 30.8. The minimum atomic E-state index is -3.81. The Labute approximate surface area is 146 Å². The highest BCUT2D eigenvalue weighted by atomic mass is 32.2. The largest absolute Gasteiger partial charge is 0.394 e. The number of rotatable bonds is 6. The summed E-state index contributed by atoms with van der Waals surface area (Å²) in [5, 5.41) is 19.8. The number of nitrogens with zero attached hydrogens (tertiary/aromatic N) is 1. The topological polar surface area (TPSA) is 99.1 Å². The first kappa shape index (κ1) is 18.7. The summed E-state index contributed by atoms with van der Waals surface area (Å²) in [6, 6.07) is 4.18. The molecule has 9 heteroatoms. The molecular weight excluding hydrogens is 351 g/mol. The average Bonchev–Trinajstić information content (AvgIpc) is 3.21. The molecule has 2 heterocycles. The van der Waals surface area contributed by atoms with E-state index in [1.165, 1.54) is 12.1 Å². The molecule has 0 bridgehead atoms. The van der Waals surface area contributed by atoms with Crippen LogP contribution in [-0.2, 0) is 14.8 Å². The van der Waals surface area contributed by atoms with Crippen LogP contribution >= 0.6 is 0 Å². The lowest BCUT2D eigenvalue weighted by atomic mass is 10.0. The van der Waals surface area contributed by atoms with Crippen molar-refractivity contribution >= 4 is 10.0 Å². The summed E-state index contributed by atoms with van der Waals surface area (Å²) in [7, 11) is -3.81. The number of hydrogen-bond acceptors (Lipinski definition) is 6. The Kier molecular flexibility index (Phi) is 5.71. The lowest BCUT2D eigenvalue weighted by Gasteiger charge is -2.30. The monoisotopic (exact) mass is 374 g/mol. The van der Waals surface area contributed by atoms with Gasteiger partial charge in [-0.1, -0.05) is 0 Å². The highest BCUT2D eigenvalue weighted by molar-refractivity contribution is 7.89. The Bertz CT molecular complexity index is 678. The molecule has 0 radical (unpaired) electrons. The molecule has 1 aromatic rings. The van der Waals surface area contributed by atoms with Gasteiger partial charge in [0.1, 0.15) is 18.0 Å². The van der Waals surface area contributed by atoms with E-state index < -0.39 is 34.2 Å². The van der Waals surface area contributed by atoms with Gasteiger partial charge in [-0.2, -0.15) is 0 Å². The first-order valence-electron chi connectivity index (χ1n) is 8.36. The Morgan fingerprint density at radius 1 is 1.20 bits per heavy atom. The van der Waals surface area contributed by atoms with E-state index in [1.54, 1.807) is 0 Å². The van der Waals surface area contributed by atoms with Crippen LogP contribution in [-0.4, -0.2) is 74.1 Å². The fourth-order valence-corrected chi connectivity index (χ4v) is 4.57. The molecule has 1 aromatic carbocycles. The van der Waals surface area contributed by atoms with Crippen LogP contribution in [0.2, 0.25) is 0 Å². The predicted molar refractivity (Wildman–Crippen MR) is 87.9 cm³/mol. The first-order valence-corrected chi connectivity index (χ1v) is 9.84. The van der Waals surface area contributed by atoms with Crippen LogP contribution in [0, 0.1) is 5.82 Å². The van der Waals surface area contributed by atoms with Crippen molar-refractivity contribution in [2.45, 2.75) is 42.1 Å². The Balaban J connectivity index is 1.70. The number of benzene rings is 1. The van der Waals surface area contributed by atoms with Gasteiger partial charge in [0.05, 0.1) is 23.6 Å². The second-order valence-corrected chi connectivity index (χ2v) is 8.19. The van der Waals surface area contributed by atoms with E-state index in [-0.39, 0.29) is 24.1 Å². The maximum atomic E-state index is 13.0. The number of ether oxygens (including phenoxy) is 1. The van der Waals surface area contributed by atoms with Gasteiger partial charge in [-0.05, 0) is 50.2 Å². The van der Waals surface area contributed by atoms with Crippen molar-refractivity contribution in [1.29, 1.82) is 0 Å². The van der Waals surface area contributed by atoms with Crippen molar-refractivity contribution in [2.75, 3.05) is 26.2 Å². The predicted octanol–water partition coefficient (Wildman–Crippen LogP) is -0.311. The lowest BCUT2D eigenvalue weighted by molar-refractivity contribution is -0.0201. The summed E-state index contributed by atoms with van der Waals surface area (Å²) >= 11 is 0. The van der Waals surface area contributed by atoms with Crippen molar-refractivity contribution in [3.63, 3.8) is 0 Å². The van der Waals surface area contributed by atoms with E-state index in [1.807, 2.05) is 0 Å². The van der Waals surface area contributed by atoms with Gasteiger partial charge in [0.25, 0.3) is 0 Å². The van der Waals surface area contributed by atoms with E-state index in [0.717, 1.165) is 38.1 Å². The third-order valence-electron chi connectivity index (χ3n) is 4.80. The minimum Gasteiger partial charge on any atom is -0.394 e. The molecule has 7 nitrogen and oxygen atoms in total. The zero-order chi connectivity index (χ0) is 18.0. The van der Waals surface area contributed by atoms with Crippen molar-refractivity contribution in [2.24, 2.45) is 0 Å². The number of halogens is 1. The van der Waals surface area contributed by atoms with Crippen LogP contribution in [0.4, 0.5) is 4.39 Å². The molecule has 0 spiro atoms. The van der Waals surface area contributed by atoms with Crippen molar-refractivity contribution in [1.82, 2.24) is 9.62 Å². The second kappa shape index (κ2) is 7.65. The fourth-order valence-electron chi connectivity index (χ4n) is 3.53. The van der Waals surface area contributed by atoms with Crippen molar-refractivity contribution in [3.05, 3.63) is 30.1 Å². The van der Waals surface area contributed by atoms with Crippen LogP contribution < -0.4 is 4.72 Å². The molecule has 2 aliphatic heterocycles. The molecule has 4 unspecified atom stereocenters. The summed E-state index contributed by atoms with van der Waals surface area (Å²) in [5.74, 6) is -0.513. The van der Waals surface area contributed by atoms with Gasteiger partial charge < -0.3 is 14.9 Å². The average molecular weight is 374 g/mol. The zero-order valence-electron chi connectivity index (χ0n) is 13.7. The van der Waals surface area contributed by atoms with E-state index in [9.17, 15) is 23.0 Å². The van der Waals surface area contributed by atoms with Crippen LogP contribution in [0.3, 0.4) is 0 Å². The number of aliphatic hydroxyl groups is 2. The van der Waals surface area contributed by atoms with Gasteiger partial charge in [0, 0.05) is 6.54 Å². The molecule has 25 heavy (non-hydrogen) atoms. The quantitative estimate of drug-likeness (QED) is 0.632. The van der Waals surface area contributed by atoms with Gasteiger partial charge in [-0.15, -0.1) is 0 Å². The van der Waals surface area contributed by atoms with Gasteiger partial charge >= 0.3 is 0 Å². The van der Waals surface area contributed by atoms with E-state index in [2.05, 4.69) is 9.62 Å². The second-order valence-electron chi connectivity index (χ2n) is 6.43. The van der Waals surface area contributed by atoms with E-state index >= 15 is 0 Å². The van der Waals surface area contributed by atoms with E-state index in [0.29, 0.717) is 0 Å². The molecule has 3 rings (SSSR count). The molecule has 0 aromatic heterocycles. The van der Waals surface area contributed by atoms with Crippen LogP contribution in [0.25, 0.3) is 0 Å². The number of likely N-dealkylation sites (tertiary alicyclic amines) is 1. The SMILES string of the molecule is O=S(=O)(NCC1OC(CO)C(O)C1N1CCCC1)c1ccc(F)cc1. The van der Waals surface area contributed by atoms with Crippen molar-refractivity contribution in [3.8, 4) is 0 Å². The zero-order valence-corrected chi connectivity index (χ0v) is 14.5. The molecular formula is C16H23FN2O5S. The molecule has 2 fully saturated rings. The summed E-state index contributed by atoms with van der Waals surface area (Å²) < 4.78 is 45.8. The third kappa shape index (κ3) is 4.02. The standard InChI is InChI=1S/C16H23FN2O5S/c17-11-3-5-12(6-4-11)25(22,23)18-9-13-15(19-7-1-2-8-19)16(21)14(10-20)24-13/h3-6,13-16,18,20-21H,1-2,7-10H2. The summed E-state index contributed by atoms with van der Waals surface area (Å²) in [6.07, 6.45) is -0.142. The van der Waals surface area contributed by atoms with Crippen LogP contribution in [0.15, 0.2) is 29.2 Å². The van der Waals surface area contributed by atoms with Crippen LogP contribution in [0.1, 0.15) is 12.8 Å². The van der Waals surface area contributed by atoms with E-state index in [4.69, 9.17) is 4.74 Å². The lowest BCUT2D eigenvalue weighted by Crippen LogP contribution is -2.50. The highest BCUT2D eigenvalue weighted by Crippen LogP contribution is 2.28. The fraction of sp³-hybridized carbons (Fsp3) is 0.625. The van der Waals surface area contributed by atoms with Gasteiger partial charge in [0.15, 0.2) is 0 Å². The molecule has 0 aliphatic carbocycles. The van der Waals surface area contributed by atoms with Gasteiger partial charge in [-0.25, -0.2) is 17.5 Å². The van der Waals surface area contributed by atoms with Gasteiger partial charge in [-0.3, -0.25) is 4.90 Å². The summed E-state index contributed by atoms with van der Waals surface area (Å²) in [6.45, 7) is 1.26.